The Bertz CT molecular complexity index is 828. The molecular formula is C34H58N2O4. The second kappa shape index (κ2) is 21.5. The maximum absolute atomic E-state index is 11.3. The first-order valence-electron chi connectivity index (χ1n) is 16.6. The van der Waals surface area contributed by atoms with E-state index in [0.717, 1.165) is 43.7 Å². The van der Waals surface area contributed by atoms with E-state index >= 15 is 0 Å². The summed E-state index contributed by atoms with van der Waals surface area (Å²) in [5, 5.41) is 15.7. The summed E-state index contributed by atoms with van der Waals surface area (Å²) in [5.41, 5.74) is 0.911. The molecule has 0 spiro atoms. The van der Waals surface area contributed by atoms with E-state index in [9.17, 15) is 9.90 Å². The molecule has 1 heterocycles. The number of rotatable bonds is 23. The molecule has 1 aromatic carbocycles. The van der Waals surface area contributed by atoms with Crippen molar-refractivity contribution in [1.82, 2.24) is 0 Å². The van der Waals surface area contributed by atoms with Gasteiger partial charge in [0.1, 0.15) is 5.75 Å². The van der Waals surface area contributed by atoms with Crippen molar-refractivity contribution in [3.63, 3.8) is 0 Å². The van der Waals surface area contributed by atoms with Crippen molar-refractivity contribution in [3.05, 3.63) is 24.3 Å². The fourth-order valence-corrected chi connectivity index (χ4v) is 5.66. The fraction of sp³-hybridized carbons (Fsp3) is 0.765. The smallest absolute Gasteiger partial charge is 0.494 e. The van der Waals surface area contributed by atoms with Crippen molar-refractivity contribution >= 4 is 17.7 Å². The van der Waals surface area contributed by atoms with Gasteiger partial charge in [0.2, 0.25) is 5.90 Å². The number of hydrazone groups is 1. The summed E-state index contributed by atoms with van der Waals surface area (Å²) in [7, 11) is 0. The van der Waals surface area contributed by atoms with Crippen LogP contribution >= 0.6 is 0 Å². The number of hydrogen-bond donors (Lipinski definition) is 1. The fourth-order valence-electron chi connectivity index (χ4n) is 5.66. The molecule has 0 bridgehead atoms. The minimum absolute atomic E-state index is 0.0157. The molecular weight excluding hydrogens is 500 g/mol. The molecule has 0 saturated carbocycles. The van der Waals surface area contributed by atoms with Gasteiger partial charge in [-0.2, -0.15) is 0 Å². The predicted octanol–water partition coefficient (Wildman–Crippen LogP) is 10.6. The molecule has 0 aromatic heterocycles. The minimum Gasteiger partial charge on any atom is -0.494 e. The number of unbranched alkanes of at least 4 members (excludes halogenated alkanes) is 14. The minimum atomic E-state index is -1.29. The lowest BCUT2D eigenvalue weighted by Crippen LogP contribution is -2.24. The van der Waals surface area contributed by atoms with E-state index in [1.807, 2.05) is 29.3 Å². The SMILES string of the molecule is CCCCCCCCCCCCCCCCOc1cccc(N2CC(CC(CC)CCCC)C(OC(=O)O)=N2)c1. The van der Waals surface area contributed by atoms with E-state index in [1.54, 1.807) is 0 Å². The van der Waals surface area contributed by atoms with Gasteiger partial charge in [0.15, 0.2) is 0 Å². The summed E-state index contributed by atoms with van der Waals surface area (Å²) in [4.78, 5) is 11.3. The second-order valence-corrected chi connectivity index (χ2v) is 11.7. The summed E-state index contributed by atoms with van der Waals surface area (Å²) in [6, 6.07) is 7.96. The molecule has 0 fully saturated rings. The Balaban J connectivity index is 1.66. The zero-order chi connectivity index (χ0) is 28.8. The average Bonchev–Trinajstić information content (AvgIpc) is 3.34. The molecule has 2 rings (SSSR count). The Kier molecular flexibility index (Phi) is 18.3. The molecule has 1 aromatic rings. The topological polar surface area (TPSA) is 71.4 Å². The highest BCUT2D eigenvalue weighted by molar-refractivity contribution is 5.90. The van der Waals surface area contributed by atoms with Crippen molar-refractivity contribution in [2.75, 3.05) is 18.2 Å². The molecule has 2 unspecified atom stereocenters. The highest BCUT2D eigenvalue weighted by Crippen LogP contribution is 2.31. The van der Waals surface area contributed by atoms with E-state index in [-0.39, 0.29) is 5.92 Å². The molecule has 0 amide bonds. The third-order valence-corrected chi connectivity index (χ3v) is 8.20. The van der Waals surface area contributed by atoms with Gasteiger partial charge in [0.25, 0.3) is 0 Å². The van der Waals surface area contributed by atoms with Crippen molar-refractivity contribution in [2.45, 2.75) is 143 Å². The van der Waals surface area contributed by atoms with Gasteiger partial charge >= 0.3 is 6.16 Å². The number of anilines is 1. The third-order valence-electron chi connectivity index (χ3n) is 8.20. The average molecular weight is 559 g/mol. The van der Waals surface area contributed by atoms with E-state index < -0.39 is 6.16 Å². The molecule has 1 aliphatic rings. The van der Waals surface area contributed by atoms with Crippen LogP contribution in [0.15, 0.2) is 29.4 Å². The van der Waals surface area contributed by atoms with Crippen LogP contribution in [0.4, 0.5) is 10.5 Å². The lowest BCUT2D eigenvalue weighted by atomic mass is 9.88. The quantitative estimate of drug-likeness (QED) is 0.107. The van der Waals surface area contributed by atoms with Crippen LogP contribution in [0.1, 0.15) is 143 Å². The van der Waals surface area contributed by atoms with Gasteiger partial charge in [0.05, 0.1) is 24.8 Å². The van der Waals surface area contributed by atoms with Crippen molar-refractivity contribution in [1.29, 1.82) is 0 Å². The molecule has 0 radical (unpaired) electrons. The molecule has 1 N–H and O–H groups in total. The molecule has 0 aliphatic carbocycles. The van der Waals surface area contributed by atoms with Gasteiger partial charge in [-0.15, -0.1) is 5.10 Å². The van der Waals surface area contributed by atoms with Gasteiger partial charge in [-0.05, 0) is 30.9 Å². The van der Waals surface area contributed by atoms with Crippen LogP contribution in [0.2, 0.25) is 0 Å². The van der Waals surface area contributed by atoms with Gasteiger partial charge < -0.3 is 14.6 Å². The van der Waals surface area contributed by atoms with E-state index in [4.69, 9.17) is 9.47 Å². The number of carboxylic acid groups (broad SMARTS) is 1. The van der Waals surface area contributed by atoms with E-state index in [0.29, 0.717) is 18.4 Å². The molecule has 0 saturated heterocycles. The first kappa shape index (κ1) is 34.0. The maximum Gasteiger partial charge on any atom is 0.512 e. The van der Waals surface area contributed by atoms with Crippen LogP contribution in [0.3, 0.4) is 0 Å². The largest absolute Gasteiger partial charge is 0.512 e. The number of hydrogen-bond acceptors (Lipinski definition) is 5. The van der Waals surface area contributed by atoms with Crippen LogP contribution in [0.5, 0.6) is 5.75 Å². The Morgan fingerprint density at radius 2 is 1.50 bits per heavy atom. The molecule has 6 nitrogen and oxygen atoms in total. The van der Waals surface area contributed by atoms with E-state index in [2.05, 4.69) is 25.9 Å². The van der Waals surface area contributed by atoms with Crippen molar-refractivity contribution in [3.8, 4) is 5.75 Å². The number of nitrogens with zero attached hydrogens (tertiary/aromatic N) is 2. The highest BCUT2D eigenvalue weighted by atomic mass is 16.7. The summed E-state index contributed by atoms with van der Waals surface area (Å²) < 4.78 is 11.2. The van der Waals surface area contributed by atoms with Crippen LogP contribution in [0, 0.1) is 11.8 Å². The van der Waals surface area contributed by atoms with Gasteiger partial charge in [0, 0.05) is 6.07 Å². The first-order chi connectivity index (χ1) is 19.6. The lowest BCUT2D eigenvalue weighted by Gasteiger charge is -2.20. The number of benzene rings is 1. The molecule has 6 heteroatoms. The van der Waals surface area contributed by atoms with Gasteiger partial charge in [-0.3, -0.25) is 5.01 Å². The molecule has 40 heavy (non-hydrogen) atoms. The summed E-state index contributed by atoms with van der Waals surface area (Å²) in [6.07, 6.45) is 23.1. The predicted molar refractivity (Wildman–Crippen MR) is 168 cm³/mol. The normalized spacial score (nSPS) is 15.7. The Morgan fingerprint density at radius 1 is 0.900 bits per heavy atom. The van der Waals surface area contributed by atoms with Crippen LogP contribution in [-0.4, -0.2) is 30.3 Å². The summed E-state index contributed by atoms with van der Waals surface area (Å²) in [5.74, 6) is 1.68. The Morgan fingerprint density at radius 3 is 2.08 bits per heavy atom. The highest BCUT2D eigenvalue weighted by Gasteiger charge is 2.32. The summed E-state index contributed by atoms with van der Waals surface area (Å²) in [6.45, 7) is 8.05. The standard InChI is InChI=1S/C34H58N2O4/c1-4-7-9-10-11-12-13-14-15-16-17-18-19-20-25-39-32-24-21-23-31(27-32)36-28-30(33(35-36)40-34(37)38)26-29(6-3)22-8-5-2/h21,23-24,27,29-30H,4-20,22,25-26,28H2,1-3H3,(H,37,38). The third kappa shape index (κ3) is 14.4. The van der Waals surface area contributed by atoms with Gasteiger partial charge in [-0.25, -0.2) is 4.79 Å². The van der Waals surface area contributed by atoms with Crippen molar-refractivity contribution in [2.24, 2.45) is 16.9 Å². The summed E-state index contributed by atoms with van der Waals surface area (Å²) >= 11 is 0. The van der Waals surface area contributed by atoms with Crippen LogP contribution < -0.4 is 9.75 Å². The number of ether oxygens (including phenoxy) is 2. The van der Waals surface area contributed by atoms with Crippen LogP contribution in [-0.2, 0) is 4.74 Å². The monoisotopic (exact) mass is 558 g/mol. The van der Waals surface area contributed by atoms with E-state index in [1.165, 1.54) is 96.3 Å². The zero-order valence-electron chi connectivity index (χ0n) is 25.9. The first-order valence-corrected chi connectivity index (χ1v) is 16.6. The number of carbonyl (C=O) groups is 1. The lowest BCUT2D eigenvalue weighted by molar-refractivity contribution is 0.137. The Hall–Kier alpha value is -2.24. The maximum atomic E-state index is 11.3. The second-order valence-electron chi connectivity index (χ2n) is 11.7. The Labute approximate surface area is 244 Å². The zero-order valence-corrected chi connectivity index (χ0v) is 25.9. The van der Waals surface area contributed by atoms with Crippen molar-refractivity contribution < 1.29 is 19.4 Å². The molecule has 2 atom stereocenters. The molecule has 1 aliphatic heterocycles. The van der Waals surface area contributed by atoms with Crippen LogP contribution in [0.25, 0.3) is 0 Å². The molecule has 228 valence electrons. The van der Waals surface area contributed by atoms with Gasteiger partial charge in [-0.1, -0.05) is 136 Å².